The van der Waals surface area contributed by atoms with Crippen LogP contribution in [0.1, 0.15) is 26.3 Å². The zero-order valence-electron chi connectivity index (χ0n) is 15.9. The summed E-state index contributed by atoms with van der Waals surface area (Å²) >= 11 is 0. The molecule has 3 aromatic rings. The van der Waals surface area contributed by atoms with E-state index < -0.39 is 17.5 Å². The van der Waals surface area contributed by atoms with Crippen LogP contribution >= 0.6 is 0 Å². The second-order valence-electron chi connectivity index (χ2n) is 7.35. The third-order valence-electron chi connectivity index (χ3n) is 3.80. The van der Waals surface area contributed by atoms with Crippen molar-refractivity contribution in [1.82, 2.24) is 15.1 Å². The first-order chi connectivity index (χ1) is 13.2. The summed E-state index contributed by atoms with van der Waals surface area (Å²) in [6.07, 6.45) is 2.76. The standard InChI is InChI=1S/C21H21F2N3O2/c1-21(2,3)28-20(27)24-11-14-8-15(10-18(23)9-14)16-12-25-26(13-16)19-6-4-17(22)5-7-19/h4-10,12-13H,11H2,1-3H3,(H,24,27). The molecule has 1 amide bonds. The van der Waals surface area contributed by atoms with Gasteiger partial charge in [-0.3, -0.25) is 0 Å². The SMILES string of the molecule is CC(C)(C)OC(=O)NCc1cc(F)cc(-c2cnn(-c3ccc(F)cc3)c2)c1. The zero-order valence-corrected chi connectivity index (χ0v) is 15.9. The number of alkyl carbamates (subject to hydrolysis) is 1. The number of ether oxygens (including phenoxy) is 1. The van der Waals surface area contributed by atoms with Crippen molar-refractivity contribution in [3.05, 3.63) is 72.1 Å². The third kappa shape index (κ3) is 5.16. The summed E-state index contributed by atoms with van der Waals surface area (Å²) in [6, 6.07) is 10.4. The van der Waals surface area contributed by atoms with Gasteiger partial charge < -0.3 is 10.1 Å². The van der Waals surface area contributed by atoms with Gasteiger partial charge in [-0.2, -0.15) is 5.10 Å². The van der Waals surface area contributed by atoms with Crippen LogP contribution in [-0.2, 0) is 11.3 Å². The molecular weight excluding hydrogens is 364 g/mol. The molecule has 3 rings (SSSR count). The van der Waals surface area contributed by atoms with Gasteiger partial charge in [-0.25, -0.2) is 18.3 Å². The molecule has 0 bridgehead atoms. The first-order valence-electron chi connectivity index (χ1n) is 8.77. The van der Waals surface area contributed by atoms with E-state index in [2.05, 4.69) is 10.4 Å². The number of nitrogens with zero attached hydrogens (tertiary/aromatic N) is 2. The smallest absolute Gasteiger partial charge is 0.407 e. The van der Waals surface area contributed by atoms with Crippen LogP contribution in [0.5, 0.6) is 0 Å². The minimum atomic E-state index is -0.605. The average molecular weight is 385 g/mol. The van der Waals surface area contributed by atoms with E-state index in [-0.39, 0.29) is 12.4 Å². The summed E-state index contributed by atoms with van der Waals surface area (Å²) in [7, 11) is 0. The Balaban J connectivity index is 1.76. The van der Waals surface area contributed by atoms with E-state index in [9.17, 15) is 13.6 Å². The van der Waals surface area contributed by atoms with Crippen molar-refractivity contribution in [2.24, 2.45) is 0 Å². The minimum absolute atomic E-state index is 0.131. The molecule has 0 unspecified atom stereocenters. The molecular formula is C21H21F2N3O2. The predicted octanol–water partition coefficient (Wildman–Crippen LogP) is 4.84. The van der Waals surface area contributed by atoms with Crippen molar-refractivity contribution in [3.8, 4) is 16.8 Å². The lowest BCUT2D eigenvalue weighted by molar-refractivity contribution is 0.0523. The lowest BCUT2D eigenvalue weighted by Gasteiger charge is -2.19. The maximum Gasteiger partial charge on any atom is 0.407 e. The molecule has 7 heteroatoms. The fraction of sp³-hybridized carbons (Fsp3) is 0.238. The van der Waals surface area contributed by atoms with Crippen molar-refractivity contribution >= 4 is 6.09 Å². The van der Waals surface area contributed by atoms with Crippen LogP contribution in [0.15, 0.2) is 54.9 Å². The maximum atomic E-state index is 14.1. The van der Waals surface area contributed by atoms with Crippen molar-refractivity contribution in [1.29, 1.82) is 0 Å². The molecule has 0 fully saturated rings. The summed E-state index contributed by atoms with van der Waals surface area (Å²) in [5, 5.41) is 6.86. The molecule has 0 aliphatic rings. The molecule has 0 aliphatic carbocycles. The third-order valence-corrected chi connectivity index (χ3v) is 3.80. The Morgan fingerprint density at radius 1 is 1.07 bits per heavy atom. The van der Waals surface area contributed by atoms with Gasteiger partial charge in [0.05, 0.1) is 11.9 Å². The van der Waals surface area contributed by atoms with Crippen LogP contribution in [0.25, 0.3) is 16.8 Å². The minimum Gasteiger partial charge on any atom is -0.444 e. The molecule has 28 heavy (non-hydrogen) atoms. The van der Waals surface area contributed by atoms with Crippen LogP contribution < -0.4 is 5.32 Å². The number of nitrogens with one attached hydrogen (secondary N) is 1. The van der Waals surface area contributed by atoms with Gasteiger partial charge in [0, 0.05) is 18.3 Å². The van der Waals surface area contributed by atoms with E-state index in [4.69, 9.17) is 4.74 Å². The topological polar surface area (TPSA) is 56.1 Å². The Morgan fingerprint density at radius 2 is 1.79 bits per heavy atom. The number of benzene rings is 2. The van der Waals surface area contributed by atoms with Crippen molar-refractivity contribution < 1.29 is 18.3 Å². The fourth-order valence-electron chi connectivity index (χ4n) is 2.61. The first-order valence-corrected chi connectivity index (χ1v) is 8.77. The molecule has 146 valence electrons. The number of carbonyl (C=O) groups is 1. The van der Waals surface area contributed by atoms with Crippen LogP contribution in [-0.4, -0.2) is 21.5 Å². The second kappa shape index (κ2) is 7.80. The Morgan fingerprint density at radius 3 is 2.46 bits per heavy atom. The van der Waals surface area contributed by atoms with Gasteiger partial charge in [-0.1, -0.05) is 0 Å². The van der Waals surface area contributed by atoms with Crippen molar-refractivity contribution in [2.75, 3.05) is 0 Å². The number of hydrogen-bond donors (Lipinski definition) is 1. The van der Waals surface area contributed by atoms with Gasteiger partial charge in [0.2, 0.25) is 0 Å². The Labute approximate surface area is 161 Å². The van der Waals surface area contributed by atoms with Crippen LogP contribution in [0.2, 0.25) is 0 Å². The Hall–Kier alpha value is -3.22. The highest BCUT2D eigenvalue weighted by Crippen LogP contribution is 2.23. The second-order valence-corrected chi connectivity index (χ2v) is 7.35. The maximum absolute atomic E-state index is 14.1. The molecule has 1 aromatic heterocycles. The summed E-state index contributed by atoms with van der Waals surface area (Å²) in [6.45, 7) is 5.44. The van der Waals surface area contributed by atoms with E-state index in [0.29, 0.717) is 22.4 Å². The number of rotatable bonds is 4. The van der Waals surface area contributed by atoms with Crippen LogP contribution in [0, 0.1) is 11.6 Å². The largest absolute Gasteiger partial charge is 0.444 e. The summed E-state index contributed by atoms with van der Waals surface area (Å²) in [5.74, 6) is -0.753. The number of carbonyl (C=O) groups excluding carboxylic acids is 1. The van der Waals surface area contributed by atoms with Gasteiger partial charge in [-0.15, -0.1) is 0 Å². The van der Waals surface area contributed by atoms with E-state index in [1.165, 1.54) is 24.3 Å². The highest BCUT2D eigenvalue weighted by molar-refractivity contribution is 5.68. The van der Waals surface area contributed by atoms with E-state index in [1.807, 2.05) is 0 Å². The fourth-order valence-corrected chi connectivity index (χ4v) is 2.61. The summed E-state index contributed by atoms with van der Waals surface area (Å²) in [5.41, 5.74) is 1.99. The molecule has 0 saturated carbocycles. The quantitative estimate of drug-likeness (QED) is 0.699. The number of amides is 1. The van der Waals surface area contributed by atoms with E-state index in [0.717, 1.165) is 0 Å². The molecule has 0 spiro atoms. The van der Waals surface area contributed by atoms with Gasteiger partial charge in [0.25, 0.3) is 0 Å². The van der Waals surface area contributed by atoms with E-state index >= 15 is 0 Å². The van der Waals surface area contributed by atoms with Gasteiger partial charge in [-0.05, 0) is 74.4 Å². The van der Waals surface area contributed by atoms with Gasteiger partial charge >= 0.3 is 6.09 Å². The molecule has 0 radical (unpaired) electrons. The zero-order chi connectivity index (χ0) is 20.3. The Bertz CT molecular complexity index is 976. The van der Waals surface area contributed by atoms with Crippen molar-refractivity contribution in [2.45, 2.75) is 32.9 Å². The number of hydrogen-bond acceptors (Lipinski definition) is 3. The van der Waals surface area contributed by atoms with E-state index in [1.54, 1.807) is 56.0 Å². The molecule has 0 atom stereocenters. The molecule has 0 saturated heterocycles. The normalized spacial score (nSPS) is 11.3. The Kier molecular flexibility index (Phi) is 5.44. The monoisotopic (exact) mass is 385 g/mol. The highest BCUT2D eigenvalue weighted by Gasteiger charge is 2.16. The first kappa shape index (κ1) is 19.5. The molecule has 1 heterocycles. The highest BCUT2D eigenvalue weighted by atomic mass is 19.1. The lowest BCUT2D eigenvalue weighted by Crippen LogP contribution is -2.32. The molecule has 0 aliphatic heterocycles. The van der Waals surface area contributed by atoms with Crippen molar-refractivity contribution in [3.63, 3.8) is 0 Å². The summed E-state index contributed by atoms with van der Waals surface area (Å²) in [4.78, 5) is 11.8. The van der Waals surface area contributed by atoms with Gasteiger partial charge in [0.1, 0.15) is 17.2 Å². The summed E-state index contributed by atoms with van der Waals surface area (Å²) < 4.78 is 33.9. The molecule has 5 nitrogen and oxygen atoms in total. The van der Waals surface area contributed by atoms with Gasteiger partial charge in [0.15, 0.2) is 0 Å². The molecule has 2 aromatic carbocycles. The number of aromatic nitrogens is 2. The lowest BCUT2D eigenvalue weighted by atomic mass is 10.1. The van der Waals surface area contributed by atoms with Crippen LogP contribution in [0.4, 0.5) is 13.6 Å². The predicted molar refractivity (Wildman–Crippen MR) is 102 cm³/mol. The average Bonchev–Trinajstić information content (AvgIpc) is 3.09. The number of halogens is 2. The van der Waals surface area contributed by atoms with Crippen LogP contribution in [0.3, 0.4) is 0 Å². The molecule has 1 N–H and O–H groups in total.